The maximum Gasteiger partial charge on any atom is 0.124 e. The largest absolute Gasteiger partial charge is 0.489 e. The molecule has 0 amide bonds. The fourth-order valence-corrected chi connectivity index (χ4v) is 2.22. The van der Waals surface area contributed by atoms with E-state index in [2.05, 4.69) is 26.1 Å². The zero-order chi connectivity index (χ0) is 16.9. The van der Waals surface area contributed by atoms with Crippen LogP contribution in [-0.2, 0) is 13.2 Å². The van der Waals surface area contributed by atoms with Crippen molar-refractivity contribution in [2.24, 2.45) is 0 Å². The standard InChI is InChI=1S/C19H23ClFNO/c1-4-19(2,3)22-12-15-11-16(20)7-10-18(15)23-13-14-5-8-17(21)9-6-14/h5-11,22H,4,12-13H2,1-3H3. The Labute approximate surface area is 142 Å². The maximum atomic E-state index is 12.9. The summed E-state index contributed by atoms with van der Waals surface area (Å²) < 4.78 is 18.8. The monoisotopic (exact) mass is 335 g/mol. The molecule has 1 N–H and O–H groups in total. The summed E-state index contributed by atoms with van der Waals surface area (Å²) in [6, 6.07) is 11.9. The molecule has 23 heavy (non-hydrogen) atoms. The van der Waals surface area contributed by atoms with Crippen LogP contribution in [0.3, 0.4) is 0 Å². The van der Waals surface area contributed by atoms with E-state index in [1.165, 1.54) is 12.1 Å². The van der Waals surface area contributed by atoms with E-state index in [4.69, 9.17) is 16.3 Å². The van der Waals surface area contributed by atoms with Crippen LogP contribution in [0, 0.1) is 5.82 Å². The van der Waals surface area contributed by atoms with Crippen molar-refractivity contribution in [2.45, 2.75) is 45.9 Å². The van der Waals surface area contributed by atoms with Gasteiger partial charge in [-0.05, 0) is 56.2 Å². The summed E-state index contributed by atoms with van der Waals surface area (Å²) in [6.07, 6.45) is 1.03. The van der Waals surface area contributed by atoms with Gasteiger partial charge in [0.2, 0.25) is 0 Å². The first kappa shape index (κ1) is 17.8. The van der Waals surface area contributed by atoms with Crippen molar-refractivity contribution >= 4 is 11.6 Å². The maximum absolute atomic E-state index is 12.9. The number of rotatable bonds is 7. The first-order valence-electron chi connectivity index (χ1n) is 7.80. The van der Waals surface area contributed by atoms with Gasteiger partial charge in [0, 0.05) is 22.7 Å². The molecule has 0 aliphatic rings. The van der Waals surface area contributed by atoms with Crippen LogP contribution >= 0.6 is 11.6 Å². The van der Waals surface area contributed by atoms with Crippen molar-refractivity contribution in [1.29, 1.82) is 0 Å². The van der Waals surface area contributed by atoms with Crippen molar-refractivity contribution in [1.82, 2.24) is 5.32 Å². The summed E-state index contributed by atoms with van der Waals surface area (Å²) in [7, 11) is 0. The Balaban J connectivity index is 2.07. The number of hydrogen-bond acceptors (Lipinski definition) is 2. The second-order valence-corrected chi connectivity index (χ2v) is 6.69. The van der Waals surface area contributed by atoms with Gasteiger partial charge in [-0.15, -0.1) is 0 Å². The number of ether oxygens (including phenoxy) is 1. The SMILES string of the molecule is CCC(C)(C)NCc1cc(Cl)ccc1OCc1ccc(F)cc1. The highest BCUT2D eigenvalue weighted by Crippen LogP contribution is 2.25. The third-order valence-corrected chi connectivity index (χ3v) is 4.21. The van der Waals surface area contributed by atoms with Crippen LogP contribution in [0.4, 0.5) is 4.39 Å². The van der Waals surface area contributed by atoms with E-state index in [9.17, 15) is 4.39 Å². The van der Waals surface area contributed by atoms with Gasteiger partial charge >= 0.3 is 0 Å². The lowest BCUT2D eigenvalue weighted by molar-refractivity contribution is 0.298. The van der Waals surface area contributed by atoms with Crippen LogP contribution in [-0.4, -0.2) is 5.54 Å². The molecule has 0 radical (unpaired) electrons. The average molecular weight is 336 g/mol. The molecule has 2 nitrogen and oxygen atoms in total. The fraction of sp³-hybridized carbons (Fsp3) is 0.368. The van der Waals surface area contributed by atoms with E-state index in [1.807, 2.05) is 18.2 Å². The number of halogens is 2. The molecule has 0 saturated carbocycles. The molecule has 2 aromatic rings. The van der Waals surface area contributed by atoms with Crippen LogP contribution in [0.15, 0.2) is 42.5 Å². The highest BCUT2D eigenvalue weighted by atomic mass is 35.5. The van der Waals surface area contributed by atoms with E-state index in [-0.39, 0.29) is 11.4 Å². The van der Waals surface area contributed by atoms with Crippen molar-refractivity contribution < 1.29 is 9.13 Å². The van der Waals surface area contributed by atoms with E-state index >= 15 is 0 Å². The Kier molecular flexibility index (Phi) is 6.03. The topological polar surface area (TPSA) is 21.3 Å². The van der Waals surface area contributed by atoms with Gasteiger partial charge in [0.05, 0.1) is 0 Å². The van der Waals surface area contributed by atoms with Crippen LogP contribution in [0.25, 0.3) is 0 Å². The van der Waals surface area contributed by atoms with Crippen molar-refractivity contribution in [2.75, 3.05) is 0 Å². The minimum absolute atomic E-state index is 0.0521. The second-order valence-electron chi connectivity index (χ2n) is 6.26. The van der Waals surface area contributed by atoms with Crippen LogP contribution in [0.5, 0.6) is 5.75 Å². The molecule has 0 fully saturated rings. The first-order valence-corrected chi connectivity index (χ1v) is 8.18. The van der Waals surface area contributed by atoms with E-state index in [0.717, 1.165) is 23.3 Å². The lowest BCUT2D eigenvalue weighted by atomic mass is 10.0. The van der Waals surface area contributed by atoms with Gasteiger partial charge in [0.1, 0.15) is 18.2 Å². The number of hydrogen-bond donors (Lipinski definition) is 1. The molecular weight excluding hydrogens is 313 g/mol. The third-order valence-electron chi connectivity index (χ3n) is 3.97. The molecule has 2 aromatic carbocycles. The van der Waals surface area contributed by atoms with Gasteiger partial charge in [-0.3, -0.25) is 0 Å². The molecular formula is C19H23ClFNO. The van der Waals surface area contributed by atoms with Gasteiger partial charge in [-0.25, -0.2) is 4.39 Å². The van der Waals surface area contributed by atoms with Gasteiger partial charge in [-0.2, -0.15) is 0 Å². The molecule has 4 heteroatoms. The van der Waals surface area contributed by atoms with Gasteiger partial charge in [0.25, 0.3) is 0 Å². The Morgan fingerprint density at radius 2 is 1.83 bits per heavy atom. The highest BCUT2D eigenvalue weighted by molar-refractivity contribution is 6.30. The van der Waals surface area contributed by atoms with E-state index in [1.54, 1.807) is 12.1 Å². The Bertz CT molecular complexity index is 640. The van der Waals surface area contributed by atoms with Gasteiger partial charge < -0.3 is 10.1 Å². The molecule has 0 spiro atoms. The quantitative estimate of drug-likeness (QED) is 0.737. The molecule has 2 rings (SSSR count). The zero-order valence-corrected chi connectivity index (χ0v) is 14.6. The minimum Gasteiger partial charge on any atom is -0.489 e. The predicted molar refractivity (Wildman–Crippen MR) is 93.4 cm³/mol. The molecule has 124 valence electrons. The molecule has 0 aliphatic heterocycles. The van der Waals surface area contributed by atoms with E-state index in [0.29, 0.717) is 18.2 Å². The molecule has 0 aliphatic carbocycles. The fourth-order valence-electron chi connectivity index (χ4n) is 2.03. The average Bonchev–Trinajstić information content (AvgIpc) is 2.53. The molecule has 0 saturated heterocycles. The van der Waals surface area contributed by atoms with Crippen molar-refractivity contribution in [3.8, 4) is 5.75 Å². The molecule has 0 heterocycles. The molecule has 0 bridgehead atoms. The normalized spacial score (nSPS) is 11.5. The third kappa shape index (κ3) is 5.52. The second kappa shape index (κ2) is 7.80. The van der Waals surface area contributed by atoms with Gasteiger partial charge in [0.15, 0.2) is 0 Å². The first-order chi connectivity index (χ1) is 10.9. The lowest BCUT2D eigenvalue weighted by Crippen LogP contribution is -2.37. The molecule has 0 atom stereocenters. The summed E-state index contributed by atoms with van der Waals surface area (Å²) in [4.78, 5) is 0. The lowest BCUT2D eigenvalue weighted by Gasteiger charge is -2.25. The summed E-state index contributed by atoms with van der Waals surface area (Å²) in [6.45, 7) is 7.55. The van der Waals surface area contributed by atoms with Crippen molar-refractivity contribution in [3.05, 3.63) is 64.4 Å². The van der Waals surface area contributed by atoms with E-state index < -0.39 is 0 Å². The summed E-state index contributed by atoms with van der Waals surface area (Å²) >= 11 is 6.11. The summed E-state index contributed by atoms with van der Waals surface area (Å²) in [5, 5.41) is 4.20. The molecule has 0 unspecified atom stereocenters. The predicted octanol–water partition coefficient (Wildman–Crippen LogP) is 5.34. The van der Waals surface area contributed by atoms with Crippen LogP contribution in [0.1, 0.15) is 38.3 Å². The smallest absolute Gasteiger partial charge is 0.124 e. The summed E-state index contributed by atoms with van der Waals surface area (Å²) in [5.74, 6) is 0.546. The Morgan fingerprint density at radius 1 is 1.13 bits per heavy atom. The Hall–Kier alpha value is -1.58. The zero-order valence-electron chi connectivity index (χ0n) is 13.8. The van der Waals surface area contributed by atoms with Crippen molar-refractivity contribution in [3.63, 3.8) is 0 Å². The van der Waals surface area contributed by atoms with Gasteiger partial charge in [-0.1, -0.05) is 30.7 Å². The molecule has 0 aromatic heterocycles. The number of nitrogens with one attached hydrogen (secondary N) is 1. The van der Waals surface area contributed by atoms with Crippen LogP contribution < -0.4 is 10.1 Å². The minimum atomic E-state index is -0.244. The summed E-state index contributed by atoms with van der Waals surface area (Å²) in [5.41, 5.74) is 1.99. The number of benzene rings is 2. The highest BCUT2D eigenvalue weighted by Gasteiger charge is 2.15. The van der Waals surface area contributed by atoms with Crippen LogP contribution in [0.2, 0.25) is 5.02 Å². The Morgan fingerprint density at radius 3 is 2.48 bits per heavy atom.